The molecule has 0 unspecified atom stereocenters. The van der Waals surface area contributed by atoms with Crippen LogP contribution in [-0.4, -0.2) is 28.1 Å². The molecule has 0 saturated carbocycles. The van der Waals surface area contributed by atoms with Crippen LogP contribution in [0, 0.1) is 11.3 Å². The van der Waals surface area contributed by atoms with Gasteiger partial charge in [0.25, 0.3) is 0 Å². The number of aromatic nitrogens is 3. The molecule has 148 valence electrons. The Labute approximate surface area is 166 Å². The average Bonchev–Trinajstić information content (AvgIpc) is 3.27. The van der Waals surface area contributed by atoms with Crippen LogP contribution in [0.5, 0.6) is 0 Å². The van der Waals surface area contributed by atoms with E-state index in [9.17, 15) is 4.79 Å². The number of nitrogens with one attached hydrogen (secondary N) is 2. The van der Waals surface area contributed by atoms with E-state index in [1.807, 2.05) is 27.0 Å². The predicted molar refractivity (Wildman–Crippen MR) is 115 cm³/mol. The zero-order chi connectivity index (χ0) is 20.1. The van der Waals surface area contributed by atoms with Crippen LogP contribution >= 0.6 is 0 Å². The number of nitrogens with zero attached hydrogens (tertiary/aromatic N) is 2. The molecular weight excluding hydrogens is 348 g/mol. The van der Waals surface area contributed by atoms with Crippen LogP contribution in [-0.2, 0) is 17.6 Å². The van der Waals surface area contributed by atoms with Crippen molar-refractivity contribution in [1.29, 1.82) is 0 Å². The van der Waals surface area contributed by atoms with E-state index in [2.05, 4.69) is 47.2 Å². The topological polar surface area (TPSA) is 64.8 Å². The molecule has 0 fully saturated rings. The van der Waals surface area contributed by atoms with Gasteiger partial charge in [-0.25, -0.2) is 0 Å². The SMILES string of the molecule is CC[C@H](C)C(=O)N(C)c1ccc2cc(-c3n[nH]c4c3CCC(C)(C)C4)[nH]c2c1. The third kappa shape index (κ3) is 3.23. The molecule has 5 nitrogen and oxygen atoms in total. The summed E-state index contributed by atoms with van der Waals surface area (Å²) in [4.78, 5) is 17.8. The van der Waals surface area contributed by atoms with Gasteiger partial charge in [0.15, 0.2) is 0 Å². The summed E-state index contributed by atoms with van der Waals surface area (Å²) in [5.41, 5.74) is 6.97. The number of hydrogen-bond acceptors (Lipinski definition) is 2. The number of aromatic amines is 2. The van der Waals surface area contributed by atoms with Crippen molar-refractivity contribution in [1.82, 2.24) is 15.2 Å². The molecule has 4 rings (SSSR count). The standard InChI is InChI=1S/C23H30N4O/c1-6-14(2)22(28)27(5)16-8-7-15-11-19(24-18(15)12-16)21-17-9-10-23(3,4)13-20(17)25-26-21/h7-8,11-12,14,24H,6,9-10,13H2,1-5H3,(H,25,26)/t14-/m0/s1. The van der Waals surface area contributed by atoms with Gasteiger partial charge < -0.3 is 9.88 Å². The highest BCUT2D eigenvalue weighted by atomic mass is 16.2. The van der Waals surface area contributed by atoms with Crippen molar-refractivity contribution < 1.29 is 4.79 Å². The second-order valence-corrected chi connectivity index (χ2v) is 9.03. The molecule has 1 amide bonds. The van der Waals surface area contributed by atoms with E-state index >= 15 is 0 Å². The maximum absolute atomic E-state index is 12.5. The summed E-state index contributed by atoms with van der Waals surface area (Å²) in [5.74, 6) is 0.178. The van der Waals surface area contributed by atoms with Gasteiger partial charge in [-0.3, -0.25) is 9.89 Å². The smallest absolute Gasteiger partial charge is 0.229 e. The van der Waals surface area contributed by atoms with Gasteiger partial charge in [-0.2, -0.15) is 5.10 Å². The van der Waals surface area contributed by atoms with Crippen molar-refractivity contribution in [2.24, 2.45) is 11.3 Å². The Morgan fingerprint density at radius 2 is 2.11 bits per heavy atom. The monoisotopic (exact) mass is 378 g/mol. The lowest BCUT2D eigenvalue weighted by Gasteiger charge is -2.28. The first-order valence-electron chi connectivity index (χ1n) is 10.3. The molecule has 0 bridgehead atoms. The second kappa shape index (κ2) is 6.80. The summed E-state index contributed by atoms with van der Waals surface area (Å²) in [6, 6.07) is 8.31. The molecule has 3 aromatic rings. The molecule has 2 heterocycles. The molecule has 5 heteroatoms. The van der Waals surface area contributed by atoms with Gasteiger partial charge >= 0.3 is 0 Å². The molecule has 1 atom stereocenters. The van der Waals surface area contributed by atoms with Crippen LogP contribution in [0.4, 0.5) is 5.69 Å². The number of rotatable bonds is 4. The van der Waals surface area contributed by atoms with Crippen LogP contribution < -0.4 is 4.90 Å². The van der Waals surface area contributed by atoms with Gasteiger partial charge in [0.05, 0.1) is 5.69 Å². The first-order chi connectivity index (χ1) is 13.3. The zero-order valence-electron chi connectivity index (χ0n) is 17.5. The molecule has 0 radical (unpaired) electrons. The third-order valence-corrected chi connectivity index (χ3v) is 6.27. The van der Waals surface area contributed by atoms with E-state index in [1.165, 1.54) is 17.7 Å². The van der Waals surface area contributed by atoms with Gasteiger partial charge in [0, 0.05) is 40.8 Å². The molecule has 1 aliphatic carbocycles. The summed E-state index contributed by atoms with van der Waals surface area (Å²) in [5, 5.41) is 9.03. The lowest BCUT2D eigenvalue weighted by Crippen LogP contribution is -2.31. The normalized spacial score (nSPS) is 16.8. The predicted octanol–water partition coefficient (Wildman–Crippen LogP) is 5.08. The van der Waals surface area contributed by atoms with Crippen molar-refractivity contribution >= 4 is 22.5 Å². The summed E-state index contributed by atoms with van der Waals surface area (Å²) >= 11 is 0. The van der Waals surface area contributed by atoms with Gasteiger partial charge in [-0.05, 0) is 49.3 Å². The van der Waals surface area contributed by atoms with E-state index in [-0.39, 0.29) is 11.8 Å². The molecule has 1 aliphatic rings. The highest BCUT2D eigenvalue weighted by Gasteiger charge is 2.29. The number of fused-ring (bicyclic) bond motifs is 2. The fourth-order valence-corrected chi connectivity index (χ4v) is 4.15. The maximum atomic E-state index is 12.5. The van der Waals surface area contributed by atoms with Crippen LogP contribution in [0.2, 0.25) is 0 Å². The zero-order valence-corrected chi connectivity index (χ0v) is 17.5. The van der Waals surface area contributed by atoms with Gasteiger partial charge in [0.1, 0.15) is 5.69 Å². The van der Waals surface area contributed by atoms with E-state index < -0.39 is 0 Å². The number of H-pyrrole nitrogens is 2. The average molecular weight is 379 g/mol. The van der Waals surface area contributed by atoms with E-state index in [0.29, 0.717) is 5.41 Å². The Morgan fingerprint density at radius 3 is 2.86 bits per heavy atom. The van der Waals surface area contributed by atoms with E-state index in [1.54, 1.807) is 4.90 Å². The van der Waals surface area contributed by atoms with Gasteiger partial charge in [-0.15, -0.1) is 0 Å². The van der Waals surface area contributed by atoms with E-state index in [4.69, 9.17) is 0 Å². The highest BCUT2D eigenvalue weighted by Crippen LogP contribution is 2.38. The number of carbonyl (C=O) groups excluding carboxylic acids is 1. The Balaban J connectivity index is 1.67. The molecule has 1 aromatic carbocycles. The van der Waals surface area contributed by atoms with Crippen molar-refractivity contribution in [3.63, 3.8) is 0 Å². The lowest BCUT2D eigenvalue weighted by atomic mass is 9.76. The number of hydrogen-bond donors (Lipinski definition) is 2. The quantitative estimate of drug-likeness (QED) is 0.665. The fourth-order valence-electron chi connectivity index (χ4n) is 4.15. The van der Waals surface area contributed by atoms with Crippen LogP contribution in [0.1, 0.15) is 51.8 Å². The van der Waals surface area contributed by atoms with Crippen LogP contribution in [0.3, 0.4) is 0 Å². The number of amides is 1. The van der Waals surface area contributed by atoms with Crippen molar-refractivity contribution in [2.45, 2.75) is 53.4 Å². The minimum atomic E-state index is 0.0275. The Kier molecular flexibility index (Phi) is 4.56. The minimum Gasteiger partial charge on any atom is -0.353 e. The van der Waals surface area contributed by atoms with Crippen molar-refractivity contribution in [3.05, 3.63) is 35.5 Å². The van der Waals surface area contributed by atoms with Crippen LogP contribution in [0.15, 0.2) is 24.3 Å². The lowest BCUT2D eigenvalue weighted by molar-refractivity contribution is -0.121. The first-order valence-corrected chi connectivity index (χ1v) is 10.3. The fraction of sp³-hybridized carbons (Fsp3) is 0.478. The van der Waals surface area contributed by atoms with E-state index in [0.717, 1.165) is 47.2 Å². The molecule has 0 spiro atoms. The molecule has 28 heavy (non-hydrogen) atoms. The van der Waals surface area contributed by atoms with Crippen molar-refractivity contribution in [2.75, 3.05) is 11.9 Å². The van der Waals surface area contributed by atoms with Crippen molar-refractivity contribution in [3.8, 4) is 11.4 Å². The Morgan fingerprint density at radius 1 is 1.32 bits per heavy atom. The maximum Gasteiger partial charge on any atom is 0.229 e. The Hall–Kier alpha value is -2.56. The largest absolute Gasteiger partial charge is 0.353 e. The molecule has 2 N–H and O–H groups in total. The number of benzene rings is 1. The summed E-state index contributed by atoms with van der Waals surface area (Å²) in [7, 11) is 1.85. The molecule has 0 aliphatic heterocycles. The summed E-state index contributed by atoms with van der Waals surface area (Å²) in [6.07, 6.45) is 4.13. The van der Waals surface area contributed by atoms with Gasteiger partial charge in [0.2, 0.25) is 5.91 Å². The first kappa shape index (κ1) is 18.8. The Bertz CT molecular complexity index is 1030. The number of anilines is 1. The molecule has 0 saturated heterocycles. The number of carbonyl (C=O) groups is 1. The second-order valence-electron chi connectivity index (χ2n) is 9.03. The summed E-state index contributed by atoms with van der Waals surface area (Å²) < 4.78 is 0. The molecule has 2 aromatic heterocycles. The highest BCUT2D eigenvalue weighted by molar-refractivity contribution is 5.97. The van der Waals surface area contributed by atoms with Crippen LogP contribution in [0.25, 0.3) is 22.3 Å². The van der Waals surface area contributed by atoms with Gasteiger partial charge in [-0.1, -0.05) is 33.8 Å². The minimum absolute atomic E-state index is 0.0275. The summed E-state index contributed by atoms with van der Waals surface area (Å²) in [6.45, 7) is 8.66. The molecular formula is C23H30N4O. The third-order valence-electron chi connectivity index (χ3n) is 6.27.